The lowest BCUT2D eigenvalue weighted by molar-refractivity contribution is 0.0177. The second-order valence-corrected chi connectivity index (χ2v) is 8.19. The number of halogens is 2. The Kier molecular flexibility index (Phi) is 10.3. The van der Waals surface area contributed by atoms with Gasteiger partial charge in [-0.25, -0.2) is 4.39 Å². The number of benzene rings is 1. The van der Waals surface area contributed by atoms with Crippen molar-refractivity contribution in [3.05, 3.63) is 57.5 Å². The predicted molar refractivity (Wildman–Crippen MR) is 129 cm³/mol. The van der Waals surface area contributed by atoms with E-state index in [2.05, 4.69) is 39.6 Å². The van der Waals surface area contributed by atoms with Crippen LogP contribution < -0.4 is 10.6 Å². The number of thiophene rings is 1. The monoisotopic (exact) mass is 532 g/mol. The molecule has 1 saturated heterocycles. The average Bonchev–Trinajstić information content (AvgIpc) is 3.15. The third-order valence-corrected chi connectivity index (χ3v) is 5.98. The van der Waals surface area contributed by atoms with Crippen molar-refractivity contribution in [3.63, 3.8) is 0 Å². The zero-order valence-corrected chi connectivity index (χ0v) is 20.1. The normalized spacial score (nSPS) is 16.2. The summed E-state index contributed by atoms with van der Waals surface area (Å²) in [4.78, 5) is 9.52. The molecule has 1 aliphatic heterocycles. The fourth-order valence-corrected chi connectivity index (χ4v) is 4.33. The van der Waals surface area contributed by atoms with Crippen LogP contribution in [0.25, 0.3) is 0 Å². The fraction of sp³-hybridized carbons (Fsp3) is 0.476. The first-order chi connectivity index (χ1) is 13.7. The minimum absolute atomic E-state index is 0. The molecule has 2 heterocycles. The van der Waals surface area contributed by atoms with Crippen LogP contribution in [-0.2, 0) is 11.2 Å². The molecule has 0 bridgehead atoms. The molecule has 1 aromatic carbocycles. The molecule has 29 heavy (non-hydrogen) atoms. The summed E-state index contributed by atoms with van der Waals surface area (Å²) in [5.74, 6) is 0.584. The van der Waals surface area contributed by atoms with Crippen LogP contribution >= 0.6 is 35.3 Å². The summed E-state index contributed by atoms with van der Waals surface area (Å²) in [7, 11) is 1.78. The van der Waals surface area contributed by atoms with Gasteiger partial charge in [0.1, 0.15) is 5.82 Å². The zero-order valence-electron chi connectivity index (χ0n) is 17.0. The van der Waals surface area contributed by atoms with Gasteiger partial charge in [-0.05, 0) is 43.2 Å². The van der Waals surface area contributed by atoms with Crippen LogP contribution in [0.1, 0.15) is 21.4 Å². The number of nitrogens with zero attached hydrogens (tertiary/aromatic N) is 2. The number of morpholine rings is 1. The van der Waals surface area contributed by atoms with E-state index >= 15 is 0 Å². The van der Waals surface area contributed by atoms with Crippen molar-refractivity contribution in [2.24, 2.45) is 4.99 Å². The van der Waals surface area contributed by atoms with Crippen LogP contribution in [-0.4, -0.2) is 57.3 Å². The lowest BCUT2D eigenvalue weighted by Crippen LogP contribution is -2.46. The van der Waals surface area contributed by atoms with Crippen LogP contribution in [0.2, 0.25) is 0 Å². The Hall–Kier alpha value is -1.23. The van der Waals surface area contributed by atoms with E-state index < -0.39 is 0 Å². The van der Waals surface area contributed by atoms with Gasteiger partial charge in [0, 0.05) is 43.0 Å². The Morgan fingerprint density at radius 3 is 2.52 bits per heavy atom. The smallest absolute Gasteiger partial charge is 0.191 e. The van der Waals surface area contributed by atoms with Gasteiger partial charge in [0.25, 0.3) is 0 Å². The third-order valence-electron chi connectivity index (χ3n) is 4.88. The molecule has 1 aromatic heterocycles. The van der Waals surface area contributed by atoms with Crippen LogP contribution in [0, 0.1) is 12.7 Å². The van der Waals surface area contributed by atoms with Crippen molar-refractivity contribution in [2.75, 3.05) is 46.4 Å². The number of nitrogens with one attached hydrogen (secondary N) is 2. The molecule has 1 atom stereocenters. The van der Waals surface area contributed by atoms with Gasteiger partial charge in [-0.2, -0.15) is 0 Å². The molecule has 0 radical (unpaired) electrons. The summed E-state index contributed by atoms with van der Waals surface area (Å²) in [6, 6.07) is 11.4. The summed E-state index contributed by atoms with van der Waals surface area (Å²) >= 11 is 1.85. The zero-order chi connectivity index (χ0) is 19.8. The van der Waals surface area contributed by atoms with Gasteiger partial charge >= 0.3 is 0 Å². The lowest BCUT2D eigenvalue weighted by atomic mass is 10.1. The highest BCUT2D eigenvalue weighted by Crippen LogP contribution is 2.27. The molecule has 0 amide bonds. The van der Waals surface area contributed by atoms with E-state index in [1.165, 1.54) is 21.9 Å². The van der Waals surface area contributed by atoms with Gasteiger partial charge in [-0.3, -0.25) is 9.89 Å². The Bertz CT molecular complexity index is 762. The molecule has 0 spiro atoms. The highest BCUT2D eigenvalue weighted by atomic mass is 127. The first-order valence-electron chi connectivity index (χ1n) is 9.73. The summed E-state index contributed by atoms with van der Waals surface area (Å²) < 4.78 is 18.5. The maximum Gasteiger partial charge on any atom is 0.191 e. The van der Waals surface area contributed by atoms with Gasteiger partial charge in [0.05, 0.1) is 19.3 Å². The van der Waals surface area contributed by atoms with Gasteiger partial charge < -0.3 is 15.4 Å². The van der Waals surface area contributed by atoms with E-state index in [0.717, 1.165) is 57.3 Å². The number of aryl methyl sites for hydroxylation is 1. The third kappa shape index (κ3) is 7.51. The van der Waals surface area contributed by atoms with Gasteiger partial charge in [0.2, 0.25) is 0 Å². The van der Waals surface area contributed by atoms with Crippen LogP contribution in [0.5, 0.6) is 0 Å². The van der Waals surface area contributed by atoms with Crippen molar-refractivity contribution in [1.29, 1.82) is 0 Å². The van der Waals surface area contributed by atoms with Gasteiger partial charge in [-0.1, -0.05) is 12.1 Å². The maximum atomic E-state index is 13.0. The number of ether oxygens (including phenoxy) is 1. The maximum absolute atomic E-state index is 13.0. The summed E-state index contributed by atoms with van der Waals surface area (Å²) in [5.41, 5.74) is 1.10. The Morgan fingerprint density at radius 2 is 1.90 bits per heavy atom. The lowest BCUT2D eigenvalue weighted by Gasteiger charge is -2.34. The number of rotatable bonds is 7. The fourth-order valence-electron chi connectivity index (χ4n) is 3.32. The second-order valence-electron chi connectivity index (χ2n) is 6.87. The molecule has 5 nitrogen and oxygen atoms in total. The molecular weight excluding hydrogens is 502 g/mol. The van der Waals surface area contributed by atoms with Crippen molar-refractivity contribution in [3.8, 4) is 0 Å². The first-order valence-corrected chi connectivity index (χ1v) is 10.5. The number of hydrogen-bond donors (Lipinski definition) is 2. The van der Waals surface area contributed by atoms with E-state index in [-0.39, 0.29) is 29.8 Å². The average molecular weight is 532 g/mol. The SMILES string of the molecule is CN=C(NCCc1ccc(F)cc1)NCC(c1ccc(C)s1)N1CCOCC1.I. The molecule has 2 N–H and O–H groups in total. The van der Waals surface area contributed by atoms with E-state index in [1.807, 2.05) is 23.5 Å². The number of guanidine groups is 1. The van der Waals surface area contributed by atoms with Gasteiger partial charge in [-0.15, -0.1) is 35.3 Å². The van der Waals surface area contributed by atoms with E-state index in [9.17, 15) is 4.39 Å². The summed E-state index contributed by atoms with van der Waals surface area (Å²) in [6.45, 7) is 7.13. The van der Waals surface area contributed by atoms with Crippen molar-refractivity contribution >= 4 is 41.3 Å². The molecule has 2 aromatic rings. The van der Waals surface area contributed by atoms with E-state index in [0.29, 0.717) is 6.04 Å². The molecule has 1 unspecified atom stereocenters. The van der Waals surface area contributed by atoms with Crippen molar-refractivity contribution < 1.29 is 9.13 Å². The first kappa shape index (κ1) is 24.0. The van der Waals surface area contributed by atoms with Crippen molar-refractivity contribution in [2.45, 2.75) is 19.4 Å². The molecule has 3 rings (SSSR count). The van der Waals surface area contributed by atoms with E-state index in [1.54, 1.807) is 7.05 Å². The van der Waals surface area contributed by atoms with Crippen molar-refractivity contribution in [1.82, 2.24) is 15.5 Å². The van der Waals surface area contributed by atoms with Crippen LogP contribution in [0.15, 0.2) is 41.4 Å². The molecule has 0 saturated carbocycles. The number of hydrogen-bond acceptors (Lipinski definition) is 4. The minimum atomic E-state index is -0.202. The molecule has 160 valence electrons. The molecule has 8 heteroatoms. The molecule has 1 fully saturated rings. The highest BCUT2D eigenvalue weighted by Gasteiger charge is 2.24. The Labute approximate surface area is 193 Å². The predicted octanol–water partition coefficient (Wildman–Crippen LogP) is 3.59. The quantitative estimate of drug-likeness (QED) is 0.325. The number of aliphatic imine (C=N–C) groups is 1. The summed E-state index contributed by atoms with van der Waals surface area (Å²) in [6.07, 6.45) is 0.817. The Morgan fingerprint density at radius 1 is 1.17 bits per heavy atom. The largest absolute Gasteiger partial charge is 0.379 e. The molecular formula is C21H30FIN4OS. The standard InChI is InChI=1S/C21H29FN4OS.HI/c1-16-3-8-20(28-16)19(26-11-13-27-14-12-26)15-25-21(23-2)24-10-9-17-4-6-18(22)7-5-17;/h3-8,19H,9-15H2,1-2H3,(H2,23,24,25);1H. The summed E-state index contributed by atoms with van der Waals surface area (Å²) in [5, 5.41) is 6.83. The Balaban J connectivity index is 0.00000300. The topological polar surface area (TPSA) is 48.9 Å². The van der Waals surface area contributed by atoms with Gasteiger partial charge in [0.15, 0.2) is 5.96 Å². The van der Waals surface area contributed by atoms with Crippen LogP contribution in [0.4, 0.5) is 4.39 Å². The molecule has 0 aliphatic carbocycles. The van der Waals surface area contributed by atoms with Crippen LogP contribution in [0.3, 0.4) is 0 Å². The second kappa shape index (κ2) is 12.5. The highest BCUT2D eigenvalue weighted by molar-refractivity contribution is 14.0. The molecule has 1 aliphatic rings. The van der Waals surface area contributed by atoms with E-state index in [4.69, 9.17) is 4.74 Å². The minimum Gasteiger partial charge on any atom is -0.379 e.